The van der Waals surface area contributed by atoms with Crippen LogP contribution in [0.15, 0.2) is 162 Å². The van der Waals surface area contributed by atoms with Crippen molar-refractivity contribution >= 4 is 45.3 Å². The van der Waals surface area contributed by atoms with E-state index in [0.717, 1.165) is 22.1 Å². The second kappa shape index (κ2) is 18.2. The van der Waals surface area contributed by atoms with E-state index < -0.39 is 11.3 Å². The summed E-state index contributed by atoms with van der Waals surface area (Å²) >= 11 is 12.2. The van der Waals surface area contributed by atoms with Gasteiger partial charge in [-0.2, -0.15) is 5.26 Å². The van der Waals surface area contributed by atoms with Gasteiger partial charge in [0.15, 0.2) is 5.60 Å². The molecule has 16 heteroatoms. The van der Waals surface area contributed by atoms with Crippen LogP contribution in [0.5, 0.6) is 0 Å². The predicted octanol–water partition coefficient (Wildman–Crippen LogP) is 9.10. The van der Waals surface area contributed by atoms with Crippen LogP contribution in [-0.2, 0) is 39.5 Å². The third-order valence-electron chi connectivity index (χ3n) is 12.3. The molecule has 3 aromatic carbocycles. The molecule has 0 aliphatic heterocycles. The van der Waals surface area contributed by atoms with Crippen molar-refractivity contribution in [2.45, 2.75) is 18.2 Å². The molecule has 0 radical (unpaired) electrons. The number of nitriles is 1. The van der Waals surface area contributed by atoms with Gasteiger partial charge in [-0.1, -0.05) is 83.4 Å². The molecule has 0 fully saturated rings. The summed E-state index contributed by atoms with van der Waals surface area (Å²) in [5.74, 6) is 0. The van der Waals surface area contributed by atoms with E-state index in [4.69, 9.17) is 23.2 Å². The Hall–Kier alpha value is -8.09. The molecule has 10 aromatic rings. The van der Waals surface area contributed by atoms with Crippen molar-refractivity contribution in [3.8, 4) is 28.5 Å². The minimum atomic E-state index is -2.12. The highest BCUT2D eigenvalue weighted by Gasteiger charge is 2.40. The van der Waals surface area contributed by atoms with Gasteiger partial charge in [0.1, 0.15) is 23.1 Å². The fraction of sp³-hybridized carbons (Fsp3) is 0.132. The maximum absolute atomic E-state index is 17.3. The number of rotatable bonds is 8. The van der Waals surface area contributed by atoms with E-state index in [1.165, 1.54) is 33.9 Å². The summed E-state index contributed by atoms with van der Waals surface area (Å²) in [7, 11) is 6.85. The van der Waals surface area contributed by atoms with Crippen LogP contribution in [-0.4, -0.2) is 48.3 Å². The Morgan fingerprint density at radius 2 is 1.16 bits per heavy atom. The van der Waals surface area contributed by atoms with Gasteiger partial charge in [-0.05, 0) is 77.7 Å². The molecule has 0 spiro atoms. The van der Waals surface area contributed by atoms with E-state index in [9.17, 15) is 20.0 Å². The standard InChI is InChI=1S/C27H23ClN4O2.C26H18ClFN6O/c1-17-5-4-6-18(11-17)22-13-25(33)32(3)26-23(22)12-20(14-30-26)27(34,24-15-29-16-31(24)2)19-7-9-21(28)10-8-19;1-33-15-30-14-23(33)26(28,16-6-8-18(27)9-7-16)17-10-21-20(22-5-3-4-19(12-29)32-22)11-24(35)34(2)25(21)31-13-17/h4-16,34H,1-3H3;3-11,13-15H,1-2H3/t27-;26-/m11/s1. The number of hydrogen-bond acceptors (Lipinski definition) is 9. The number of halogens is 3. The van der Waals surface area contributed by atoms with Crippen LogP contribution in [0, 0.1) is 18.3 Å². The average Bonchev–Trinajstić information content (AvgIpc) is 4.01. The largest absolute Gasteiger partial charge is 0.374 e. The fourth-order valence-electron chi connectivity index (χ4n) is 8.64. The van der Waals surface area contributed by atoms with Gasteiger partial charge in [-0.15, -0.1) is 0 Å². The topological polar surface area (TPSA) is 162 Å². The molecule has 0 unspecified atom stereocenters. The Balaban J connectivity index is 0.000000172. The van der Waals surface area contributed by atoms with E-state index >= 15 is 4.39 Å². The molecular weight excluding hydrogens is 915 g/mol. The summed E-state index contributed by atoms with van der Waals surface area (Å²) in [5, 5.41) is 23.9. The van der Waals surface area contributed by atoms with Gasteiger partial charge in [0, 0.05) is 90.2 Å². The second-order valence-corrected chi connectivity index (χ2v) is 17.5. The second-order valence-electron chi connectivity index (χ2n) is 16.7. The smallest absolute Gasteiger partial charge is 0.252 e. The lowest BCUT2D eigenvalue weighted by atomic mass is 9.83. The Morgan fingerprint density at radius 3 is 1.74 bits per heavy atom. The van der Waals surface area contributed by atoms with Gasteiger partial charge in [-0.25, -0.2) is 29.3 Å². The molecule has 0 bridgehead atoms. The number of pyridine rings is 5. The summed E-state index contributed by atoms with van der Waals surface area (Å²) in [6.45, 7) is 2.01. The molecule has 7 aromatic heterocycles. The lowest BCUT2D eigenvalue weighted by molar-refractivity contribution is 0.117. The molecule has 0 saturated heterocycles. The highest BCUT2D eigenvalue weighted by Crippen LogP contribution is 2.43. The van der Waals surface area contributed by atoms with Crippen molar-refractivity contribution in [1.29, 1.82) is 5.26 Å². The maximum atomic E-state index is 17.3. The van der Waals surface area contributed by atoms with Gasteiger partial charge in [0.2, 0.25) is 5.67 Å². The number of imidazole rings is 2. The molecule has 0 amide bonds. The Labute approximate surface area is 404 Å². The van der Waals surface area contributed by atoms with E-state index in [2.05, 4.69) is 24.9 Å². The SMILES string of the molecule is Cc1cccc(-c2cc(=O)n(C)c3ncc([C@](O)(c4ccc(Cl)cc4)c4cncn4C)cc23)c1.Cn1cncc1[C@@](F)(c1ccc(Cl)cc1)c1cnc2c(c1)c(-c1cccc(C#N)n1)cc(=O)n2C. The molecule has 10 rings (SSSR count). The normalized spacial score (nSPS) is 13.0. The molecule has 0 aliphatic rings. The van der Waals surface area contributed by atoms with Crippen LogP contribution >= 0.6 is 23.2 Å². The lowest BCUT2D eigenvalue weighted by Gasteiger charge is -2.30. The van der Waals surface area contributed by atoms with E-state index in [1.54, 1.807) is 128 Å². The summed E-state index contributed by atoms with van der Waals surface area (Å²) in [5.41, 5.74) is 3.29. The van der Waals surface area contributed by atoms with Crippen molar-refractivity contribution < 1.29 is 9.50 Å². The highest BCUT2D eigenvalue weighted by atomic mass is 35.5. The number of aryl methyl sites for hydroxylation is 5. The number of benzene rings is 3. The summed E-state index contributed by atoms with van der Waals surface area (Å²) in [6.07, 6.45) is 9.32. The monoisotopic (exact) mass is 954 g/mol. The Bertz CT molecular complexity index is 3770. The van der Waals surface area contributed by atoms with Gasteiger partial charge in [-0.3, -0.25) is 18.7 Å². The zero-order chi connectivity index (χ0) is 48.8. The predicted molar refractivity (Wildman–Crippen MR) is 264 cm³/mol. The van der Waals surface area contributed by atoms with Crippen LogP contribution in [0.3, 0.4) is 0 Å². The number of aliphatic hydroxyl groups is 1. The van der Waals surface area contributed by atoms with Crippen LogP contribution in [0.2, 0.25) is 10.0 Å². The molecule has 1 N–H and O–H groups in total. The molecular formula is C53H41Cl2FN10O3. The average molecular weight is 956 g/mol. The number of hydrogen-bond donors (Lipinski definition) is 1. The van der Waals surface area contributed by atoms with Crippen LogP contribution < -0.4 is 11.1 Å². The number of aromatic nitrogens is 9. The van der Waals surface area contributed by atoms with Gasteiger partial charge < -0.3 is 14.2 Å². The van der Waals surface area contributed by atoms with E-state index in [0.29, 0.717) is 66.1 Å². The summed E-state index contributed by atoms with van der Waals surface area (Å²) < 4.78 is 23.6. The van der Waals surface area contributed by atoms with Crippen molar-refractivity contribution in [2.24, 2.45) is 28.2 Å². The number of fused-ring (bicyclic) bond motifs is 2. The molecule has 0 aliphatic carbocycles. The fourth-order valence-corrected chi connectivity index (χ4v) is 8.89. The molecule has 342 valence electrons. The highest BCUT2D eigenvalue weighted by molar-refractivity contribution is 6.30. The third-order valence-corrected chi connectivity index (χ3v) is 12.8. The van der Waals surface area contributed by atoms with Crippen molar-refractivity contribution in [1.82, 2.24) is 43.2 Å². The summed E-state index contributed by atoms with van der Waals surface area (Å²) in [4.78, 5) is 47.2. The molecule has 69 heavy (non-hydrogen) atoms. The minimum Gasteiger partial charge on any atom is -0.374 e. The summed E-state index contributed by atoms with van der Waals surface area (Å²) in [6, 6.07) is 35.1. The van der Waals surface area contributed by atoms with Crippen molar-refractivity contribution in [3.05, 3.63) is 228 Å². The Morgan fingerprint density at radius 1 is 0.623 bits per heavy atom. The van der Waals surface area contributed by atoms with Gasteiger partial charge in [0.25, 0.3) is 11.1 Å². The third kappa shape index (κ3) is 8.27. The van der Waals surface area contributed by atoms with Gasteiger partial charge >= 0.3 is 0 Å². The van der Waals surface area contributed by atoms with Crippen LogP contribution in [0.25, 0.3) is 44.5 Å². The van der Waals surface area contributed by atoms with Crippen LogP contribution in [0.1, 0.15) is 44.9 Å². The minimum absolute atomic E-state index is 0.149. The molecule has 7 heterocycles. The first-order valence-corrected chi connectivity index (χ1v) is 22.2. The lowest BCUT2D eigenvalue weighted by Crippen LogP contribution is -2.31. The first-order valence-electron chi connectivity index (χ1n) is 21.4. The van der Waals surface area contributed by atoms with E-state index in [-0.39, 0.29) is 22.4 Å². The van der Waals surface area contributed by atoms with Crippen molar-refractivity contribution in [3.63, 3.8) is 0 Å². The first-order chi connectivity index (χ1) is 33.1. The quantitative estimate of drug-likeness (QED) is 0.157. The number of alkyl halides is 1. The van der Waals surface area contributed by atoms with Gasteiger partial charge in [0.05, 0.1) is 42.1 Å². The zero-order valence-corrected chi connectivity index (χ0v) is 39.3. The maximum Gasteiger partial charge on any atom is 0.252 e. The molecule has 13 nitrogen and oxygen atoms in total. The number of nitrogens with zero attached hydrogens (tertiary/aromatic N) is 10. The van der Waals surface area contributed by atoms with Crippen molar-refractivity contribution in [2.75, 3.05) is 0 Å². The van der Waals surface area contributed by atoms with E-state index in [1.807, 2.05) is 50.4 Å². The molecule has 0 saturated carbocycles. The zero-order valence-electron chi connectivity index (χ0n) is 37.8. The first kappa shape index (κ1) is 46.0. The Kier molecular flexibility index (Phi) is 12.1. The van der Waals surface area contributed by atoms with Crippen LogP contribution in [0.4, 0.5) is 4.39 Å². The molecule has 2 atom stereocenters.